The molecule has 1 saturated heterocycles. The van der Waals surface area contributed by atoms with Gasteiger partial charge in [0, 0.05) is 0 Å². The van der Waals surface area contributed by atoms with Crippen molar-refractivity contribution in [3.63, 3.8) is 0 Å². The lowest BCUT2D eigenvalue weighted by Crippen LogP contribution is -2.42. The van der Waals surface area contributed by atoms with Crippen molar-refractivity contribution in [3.05, 3.63) is 70.4 Å². The number of benzene rings is 2. The van der Waals surface area contributed by atoms with Crippen LogP contribution < -0.4 is 4.74 Å². The lowest BCUT2D eigenvalue weighted by Gasteiger charge is -2.19. The first-order chi connectivity index (χ1) is 14.4. The van der Waals surface area contributed by atoms with E-state index in [4.69, 9.17) is 9.47 Å². The lowest BCUT2D eigenvalue weighted by atomic mass is 10.2. The second-order valence-electron chi connectivity index (χ2n) is 6.47. The summed E-state index contributed by atoms with van der Waals surface area (Å²) in [5.74, 6) is -0.893. The highest BCUT2D eigenvalue weighted by molar-refractivity contribution is 8.18. The van der Waals surface area contributed by atoms with Crippen LogP contribution in [0.15, 0.2) is 53.4 Å². The minimum absolute atomic E-state index is 0.170. The number of rotatable bonds is 7. The van der Waals surface area contributed by atoms with E-state index in [1.165, 1.54) is 19.1 Å². The van der Waals surface area contributed by atoms with Crippen LogP contribution in [0.25, 0.3) is 6.08 Å². The van der Waals surface area contributed by atoms with Gasteiger partial charge in [0.1, 0.15) is 24.2 Å². The fraction of sp³-hybridized carbons (Fsp3) is 0.227. The summed E-state index contributed by atoms with van der Waals surface area (Å²) in [4.78, 5) is 37.8. The molecule has 2 aromatic carbocycles. The number of carbonyl (C=O) groups excluding carboxylic acids is 3. The van der Waals surface area contributed by atoms with Gasteiger partial charge in [-0.3, -0.25) is 14.5 Å². The van der Waals surface area contributed by atoms with Gasteiger partial charge in [-0.25, -0.2) is 9.18 Å². The lowest BCUT2D eigenvalue weighted by molar-refractivity contribution is -0.150. The van der Waals surface area contributed by atoms with Gasteiger partial charge in [0.05, 0.1) is 11.5 Å². The molecule has 1 atom stereocenters. The van der Waals surface area contributed by atoms with E-state index < -0.39 is 23.2 Å². The molecule has 1 fully saturated rings. The van der Waals surface area contributed by atoms with Gasteiger partial charge in [0.2, 0.25) is 0 Å². The van der Waals surface area contributed by atoms with Gasteiger partial charge < -0.3 is 9.47 Å². The zero-order chi connectivity index (χ0) is 21.7. The minimum atomic E-state index is -0.984. The summed E-state index contributed by atoms with van der Waals surface area (Å²) in [5, 5.41) is -0.512. The first-order valence-corrected chi connectivity index (χ1v) is 10.1. The molecule has 8 heteroatoms. The molecular formula is C22H20FNO5S. The Morgan fingerprint density at radius 1 is 1.20 bits per heavy atom. The Morgan fingerprint density at radius 3 is 2.60 bits per heavy atom. The number of hydrogen-bond acceptors (Lipinski definition) is 6. The van der Waals surface area contributed by atoms with Crippen LogP contribution in [-0.2, 0) is 20.9 Å². The summed E-state index contributed by atoms with van der Waals surface area (Å²) in [6.07, 6.45) is 1.58. The van der Waals surface area contributed by atoms with Crippen molar-refractivity contribution in [1.29, 1.82) is 0 Å². The van der Waals surface area contributed by atoms with Gasteiger partial charge >= 0.3 is 5.97 Å². The van der Waals surface area contributed by atoms with Gasteiger partial charge in [-0.2, -0.15) is 0 Å². The molecule has 1 unspecified atom stereocenters. The zero-order valence-electron chi connectivity index (χ0n) is 16.5. The van der Waals surface area contributed by atoms with Gasteiger partial charge in [0.15, 0.2) is 0 Å². The maximum absolute atomic E-state index is 13.2. The molecule has 30 heavy (non-hydrogen) atoms. The summed E-state index contributed by atoms with van der Waals surface area (Å²) in [5.41, 5.74) is 1.41. The van der Waals surface area contributed by atoms with Crippen molar-refractivity contribution < 1.29 is 28.2 Å². The van der Waals surface area contributed by atoms with Crippen molar-refractivity contribution >= 4 is 35.0 Å². The first kappa shape index (κ1) is 21.6. The molecule has 0 spiro atoms. The fourth-order valence-corrected chi connectivity index (χ4v) is 3.70. The second kappa shape index (κ2) is 9.58. The summed E-state index contributed by atoms with van der Waals surface area (Å²) in [6, 6.07) is 12.1. The maximum atomic E-state index is 13.2. The molecule has 2 amide bonds. The Labute approximate surface area is 177 Å². The van der Waals surface area contributed by atoms with Gasteiger partial charge in [-0.05, 0) is 67.1 Å². The van der Waals surface area contributed by atoms with Crippen molar-refractivity contribution in [2.75, 3.05) is 6.61 Å². The average molecular weight is 429 g/mol. The van der Waals surface area contributed by atoms with E-state index in [1.807, 2.05) is 0 Å². The average Bonchev–Trinajstić information content (AvgIpc) is 3.00. The Hall–Kier alpha value is -3.13. The minimum Gasteiger partial charge on any atom is -0.489 e. The SMILES string of the molecule is CCOC(=O)C(C)N1C(=O)S/C(=C/c2ccc(OCc3cccc(F)c3)cc2)C1=O. The van der Waals surface area contributed by atoms with Crippen LogP contribution in [0.1, 0.15) is 25.0 Å². The molecule has 3 rings (SSSR count). The predicted molar refractivity (Wildman–Crippen MR) is 111 cm³/mol. The van der Waals surface area contributed by atoms with Crippen molar-refractivity contribution in [2.45, 2.75) is 26.5 Å². The van der Waals surface area contributed by atoms with Crippen LogP contribution in [0.5, 0.6) is 5.75 Å². The molecule has 0 aliphatic carbocycles. The summed E-state index contributed by atoms with van der Waals surface area (Å²) in [7, 11) is 0. The first-order valence-electron chi connectivity index (χ1n) is 9.30. The van der Waals surface area contributed by atoms with E-state index in [2.05, 4.69) is 0 Å². The molecule has 1 aliphatic heterocycles. The third kappa shape index (κ3) is 5.07. The Kier molecular flexibility index (Phi) is 6.89. The largest absolute Gasteiger partial charge is 0.489 e. The number of hydrogen-bond donors (Lipinski definition) is 0. The van der Waals surface area contributed by atoms with E-state index in [0.717, 1.165) is 16.7 Å². The smallest absolute Gasteiger partial charge is 0.329 e. The highest BCUT2D eigenvalue weighted by Gasteiger charge is 2.41. The molecule has 0 bridgehead atoms. The quantitative estimate of drug-likeness (QED) is 0.480. The van der Waals surface area contributed by atoms with E-state index in [0.29, 0.717) is 16.9 Å². The Bertz CT molecular complexity index is 989. The van der Waals surface area contributed by atoms with Crippen molar-refractivity contribution in [1.82, 2.24) is 4.90 Å². The molecule has 0 saturated carbocycles. The molecule has 1 aliphatic rings. The topological polar surface area (TPSA) is 72.9 Å². The molecule has 6 nitrogen and oxygen atoms in total. The Balaban J connectivity index is 1.66. The van der Waals surface area contributed by atoms with Crippen LogP contribution >= 0.6 is 11.8 Å². The number of amides is 2. The van der Waals surface area contributed by atoms with Gasteiger partial charge in [0.25, 0.3) is 11.1 Å². The third-order valence-corrected chi connectivity index (χ3v) is 5.19. The predicted octanol–water partition coefficient (Wildman–Crippen LogP) is 4.39. The van der Waals surface area contributed by atoms with Gasteiger partial charge in [-0.1, -0.05) is 24.3 Å². The van der Waals surface area contributed by atoms with E-state index in [9.17, 15) is 18.8 Å². The molecule has 0 radical (unpaired) electrons. The third-order valence-electron chi connectivity index (χ3n) is 4.31. The monoisotopic (exact) mass is 429 g/mol. The zero-order valence-corrected chi connectivity index (χ0v) is 17.3. The van der Waals surface area contributed by atoms with Crippen LogP contribution in [0.4, 0.5) is 9.18 Å². The van der Waals surface area contributed by atoms with Gasteiger partial charge in [-0.15, -0.1) is 0 Å². The molecule has 0 N–H and O–H groups in total. The highest BCUT2D eigenvalue weighted by atomic mass is 32.2. The number of ether oxygens (including phenoxy) is 2. The van der Waals surface area contributed by atoms with Crippen LogP contribution in [0.3, 0.4) is 0 Å². The molecule has 0 aromatic heterocycles. The molecule has 156 valence electrons. The number of imide groups is 1. The number of thioether (sulfide) groups is 1. The molecule has 2 aromatic rings. The number of halogens is 1. The van der Waals surface area contributed by atoms with E-state index >= 15 is 0 Å². The fourth-order valence-electron chi connectivity index (χ4n) is 2.79. The van der Waals surface area contributed by atoms with E-state index in [-0.39, 0.29) is 23.9 Å². The van der Waals surface area contributed by atoms with E-state index in [1.54, 1.807) is 49.4 Å². The normalized spacial score (nSPS) is 16.1. The molecule has 1 heterocycles. The number of nitrogens with zero attached hydrogens (tertiary/aromatic N) is 1. The van der Waals surface area contributed by atoms with Crippen LogP contribution in [-0.4, -0.2) is 34.7 Å². The highest BCUT2D eigenvalue weighted by Crippen LogP contribution is 2.34. The summed E-state index contributed by atoms with van der Waals surface area (Å²) in [6.45, 7) is 3.51. The number of esters is 1. The van der Waals surface area contributed by atoms with Crippen molar-refractivity contribution in [3.8, 4) is 5.75 Å². The second-order valence-corrected chi connectivity index (χ2v) is 7.46. The summed E-state index contributed by atoms with van der Waals surface area (Å²) >= 11 is 0.778. The number of carbonyl (C=O) groups is 3. The molecular weight excluding hydrogens is 409 g/mol. The van der Waals surface area contributed by atoms with Crippen LogP contribution in [0, 0.1) is 5.82 Å². The Morgan fingerprint density at radius 2 is 1.93 bits per heavy atom. The van der Waals surface area contributed by atoms with Crippen LogP contribution in [0.2, 0.25) is 0 Å². The maximum Gasteiger partial charge on any atom is 0.329 e. The summed E-state index contributed by atoms with van der Waals surface area (Å²) < 4.78 is 23.7. The standard InChI is InChI=1S/C22H20FNO5S/c1-3-28-21(26)14(2)24-20(25)19(30-22(24)27)12-15-7-9-18(10-8-15)29-13-16-5-4-6-17(23)11-16/h4-12,14H,3,13H2,1-2H3/b19-12+. The van der Waals surface area contributed by atoms with Crippen molar-refractivity contribution in [2.24, 2.45) is 0 Å².